The molecule has 1 saturated heterocycles. The predicted molar refractivity (Wildman–Crippen MR) is 92.3 cm³/mol. The average molecular weight is 352 g/mol. The third-order valence-electron chi connectivity index (χ3n) is 4.56. The molecule has 0 radical (unpaired) electrons. The summed E-state index contributed by atoms with van der Waals surface area (Å²) in [5, 5.41) is 11.3. The minimum absolute atomic E-state index is 0. The van der Waals surface area contributed by atoms with Crippen LogP contribution in [0.5, 0.6) is 11.5 Å². The molecule has 130 valence electrons. The maximum Gasteiger partial charge on any atom is 1.00 e. The average Bonchev–Trinajstić information content (AvgIpc) is 2.57. The Balaban J connectivity index is 0.00000156. The van der Waals surface area contributed by atoms with Crippen molar-refractivity contribution in [3.8, 4) is 11.5 Å². The first-order valence-electron chi connectivity index (χ1n) is 8.22. The molecule has 2 aromatic rings. The van der Waals surface area contributed by atoms with E-state index < -0.39 is 0 Å². The Morgan fingerprint density at radius 2 is 1.52 bits per heavy atom. The van der Waals surface area contributed by atoms with E-state index in [2.05, 4.69) is 26.0 Å². The number of benzene rings is 2. The fourth-order valence-electron chi connectivity index (χ4n) is 2.94. The SMILES string of the molecule is CC(C)(c1ccc([O-])cc1)c1ccc(OC2CCCCO2)cc1.O.[Na+]. The molecule has 4 nitrogen and oxygen atoms in total. The molecule has 1 heterocycles. The summed E-state index contributed by atoms with van der Waals surface area (Å²) in [6, 6.07) is 15.2. The molecule has 5 heteroatoms. The second kappa shape index (κ2) is 9.60. The van der Waals surface area contributed by atoms with Crippen LogP contribution in [-0.4, -0.2) is 18.4 Å². The number of hydrogen-bond acceptors (Lipinski definition) is 3. The van der Waals surface area contributed by atoms with E-state index in [0.29, 0.717) is 0 Å². The molecule has 1 atom stereocenters. The van der Waals surface area contributed by atoms with Gasteiger partial charge in [0.1, 0.15) is 5.75 Å². The van der Waals surface area contributed by atoms with Crippen molar-refractivity contribution in [2.75, 3.05) is 6.61 Å². The second-order valence-electron chi connectivity index (χ2n) is 6.59. The molecular formula is C20H25NaO4. The molecule has 1 fully saturated rings. The van der Waals surface area contributed by atoms with Gasteiger partial charge in [-0.2, -0.15) is 0 Å². The minimum Gasteiger partial charge on any atom is -0.872 e. The van der Waals surface area contributed by atoms with Crippen molar-refractivity contribution in [1.29, 1.82) is 0 Å². The quantitative estimate of drug-likeness (QED) is 0.737. The van der Waals surface area contributed by atoms with E-state index in [1.54, 1.807) is 12.1 Å². The van der Waals surface area contributed by atoms with Crippen LogP contribution < -0.4 is 39.4 Å². The van der Waals surface area contributed by atoms with Crippen LogP contribution in [0.2, 0.25) is 0 Å². The van der Waals surface area contributed by atoms with Crippen molar-refractivity contribution in [2.24, 2.45) is 0 Å². The van der Waals surface area contributed by atoms with Gasteiger partial charge in [-0.25, -0.2) is 0 Å². The smallest absolute Gasteiger partial charge is 0.872 e. The van der Waals surface area contributed by atoms with Gasteiger partial charge in [-0.3, -0.25) is 0 Å². The maximum absolute atomic E-state index is 11.3. The summed E-state index contributed by atoms with van der Waals surface area (Å²) >= 11 is 0. The zero-order valence-electron chi connectivity index (χ0n) is 15.2. The normalized spacial score (nSPS) is 17.1. The summed E-state index contributed by atoms with van der Waals surface area (Å²) in [7, 11) is 0. The van der Waals surface area contributed by atoms with Crippen LogP contribution in [0.1, 0.15) is 44.2 Å². The van der Waals surface area contributed by atoms with Gasteiger partial charge in [0.15, 0.2) is 6.29 Å². The summed E-state index contributed by atoms with van der Waals surface area (Å²) in [4.78, 5) is 0. The van der Waals surface area contributed by atoms with Crippen LogP contribution in [-0.2, 0) is 10.2 Å². The standard InChI is InChI=1S/C20H24O3.Na.H2O/c1-20(2,15-6-10-17(21)11-7-15)16-8-12-18(13-9-16)23-19-5-3-4-14-22-19;;/h6-13,19,21H,3-5,14H2,1-2H3;;1H2/q;+1;/p-1. The van der Waals surface area contributed by atoms with Gasteiger partial charge in [0.05, 0.1) is 6.61 Å². The van der Waals surface area contributed by atoms with E-state index in [0.717, 1.165) is 37.2 Å². The van der Waals surface area contributed by atoms with Gasteiger partial charge in [-0.05, 0) is 36.1 Å². The van der Waals surface area contributed by atoms with Gasteiger partial charge in [-0.1, -0.05) is 50.2 Å². The topological polar surface area (TPSA) is 73.0 Å². The van der Waals surface area contributed by atoms with Crippen molar-refractivity contribution in [3.63, 3.8) is 0 Å². The Kier molecular flexibility index (Phi) is 8.45. The largest absolute Gasteiger partial charge is 1.00 e. The molecule has 0 bridgehead atoms. The molecule has 1 unspecified atom stereocenters. The number of ether oxygens (including phenoxy) is 2. The summed E-state index contributed by atoms with van der Waals surface area (Å²) in [5.74, 6) is 0.882. The molecule has 25 heavy (non-hydrogen) atoms. The first kappa shape index (κ1) is 22.0. The fraction of sp³-hybridized carbons (Fsp3) is 0.400. The summed E-state index contributed by atoms with van der Waals surface area (Å²) in [6.45, 7) is 5.10. The molecule has 0 aliphatic carbocycles. The molecule has 3 rings (SSSR count). The van der Waals surface area contributed by atoms with Crippen LogP contribution >= 0.6 is 0 Å². The minimum atomic E-state index is -0.159. The molecule has 1 aliphatic rings. The van der Waals surface area contributed by atoms with Crippen LogP contribution in [0.3, 0.4) is 0 Å². The Morgan fingerprint density at radius 3 is 2.04 bits per heavy atom. The fourth-order valence-corrected chi connectivity index (χ4v) is 2.94. The molecule has 2 N–H and O–H groups in total. The Labute approximate surface area is 171 Å². The van der Waals surface area contributed by atoms with Crippen LogP contribution in [0, 0.1) is 0 Å². The zero-order valence-corrected chi connectivity index (χ0v) is 17.2. The van der Waals surface area contributed by atoms with E-state index in [-0.39, 0.29) is 52.5 Å². The summed E-state index contributed by atoms with van der Waals surface area (Å²) in [6.07, 6.45) is 3.11. The first-order valence-corrected chi connectivity index (χ1v) is 8.22. The molecule has 0 spiro atoms. The Hall–Kier alpha value is -1.04. The molecule has 1 aliphatic heterocycles. The first-order chi connectivity index (χ1) is 11.1. The third-order valence-corrected chi connectivity index (χ3v) is 4.56. The van der Waals surface area contributed by atoms with Gasteiger partial charge in [0.25, 0.3) is 0 Å². The molecule has 0 amide bonds. The van der Waals surface area contributed by atoms with Gasteiger partial charge in [0.2, 0.25) is 0 Å². The number of rotatable bonds is 4. The van der Waals surface area contributed by atoms with Crippen LogP contribution in [0.15, 0.2) is 48.5 Å². The van der Waals surface area contributed by atoms with E-state index in [1.807, 2.05) is 24.3 Å². The predicted octanol–water partition coefficient (Wildman–Crippen LogP) is 0.171. The van der Waals surface area contributed by atoms with Crippen molar-refractivity contribution < 1.29 is 49.6 Å². The Morgan fingerprint density at radius 1 is 0.960 bits per heavy atom. The third kappa shape index (κ3) is 5.47. The van der Waals surface area contributed by atoms with E-state index in [9.17, 15) is 5.11 Å². The van der Waals surface area contributed by atoms with Crippen molar-refractivity contribution in [1.82, 2.24) is 0 Å². The van der Waals surface area contributed by atoms with Crippen LogP contribution in [0.25, 0.3) is 0 Å². The Bertz CT molecular complexity index is 632. The molecule has 2 aromatic carbocycles. The molecule has 0 aromatic heterocycles. The van der Waals surface area contributed by atoms with Gasteiger partial charge >= 0.3 is 29.6 Å². The molecular weight excluding hydrogens is 327 g/mol. The van der Waals surface area contributed by atoms with Crippen LogP contribution in [0.4, 0.5) is 0 Å². The van der Waals surface area contributed by atoms with E-state index >= 15 is 0 Å². The van der Waals surface area contributed by atoms with Gasteiger partial charge < -0.3 is 20.1 Å². The summed E-state index contributed by atoms with van der Waals surface area (Å²) < 4.78 is 11.5. The van der Waals surface area contributed by atoms with E-state index in [1.165, 1.54) is 5.56 Å². The van der Waals surface area contributed by atoms with Crippen molar-refractivity contribution >= 4 is 0 Å². The molecule has 0 saturated carbocycles. The van der Waals surface area contributed by atoms with Crippen molar-refractivity contribution in [3.05, 3.63) is 59.7 Å². The van der Waals surface area contributed by atoms with Gasteiger partial charge in [0, 0.05) is 11.8 Å². The van der Waals surface area contributed by atoms with E-state index in [4.69, 9.17) is 9.47 Å². The number of hydrogen-bond donors (Lipinski definition) is 0. The maximum atomic E-state index is 11.3. The van der Waals surface area contributed by atoms with Crippen molar-refractivity contribution in [2.45, 2.75) is 44.8 Å². The second-order valence-corrected chi connectivity index (χ2v) is 6.59. The van der Waals surface area contributed by atoms with Gasteiger partial charge in [-0.15, -0.1) is 5.75 Å². The zero-order chi connectivity index (χ0) is 16.3. The summed E-state index contributed by atoms with van der Waals surface area (Å²) in [5.41, 5.74) is 2.16. The monoisotopic (exact) mass is 352 g/mol.